The maximum Gasteiger partial charge on any atom is 0.338 e. The highest BCUT2D eigenvalue weighted by Gasteiger charge is 2.35. The molecule has 2 aliphatic heterocycles. The SMILES string of the molecule is COC(=O)C1=C(CN2CCN(c3ccc(F)cc3)CC2)NC(=O)N[C@@H]1c1cccs1. The Kier molecular flexibility index (Phi) is 6.01. The number of thiophene rings is 1. The lowest BCUT2D eigenvalue weighted by Gasteiger charge is -2.37. The number of carbonyl (C=O) groups is 2. The molecule has 2 aromatic rings. The second-order valence-corrected chi connectivity index (χ2v) is 8.15. The summed E-state index contributed by atoms with van der Waals surface area (Å²) in [6, 6.07) is 9.40. The van der Waals surface area contributed by atoms with Gasteiger partial charge in [0.25, 0.3) is 0 Å². The van der Waals surface area contributed by atoms with Gasteiger partial charge >= 0.3 is 12.0 Å². The number of nitrogens with zero attached hydrogens (tertiary/aromatic N) is 2. The Labute approximate surface area is 178 Å². The number of carbonyl (C=O) groups excluding carboxylic acids is 2. The molecule has 1 aromatic carbocycles. The molecule has 0 aliphatic carbocycles. The van der Waals surface area contributed by atoms with E-state index in [0.29, 0.717) is 17.8 Å². The molecule has 158 valence electrons. The molecular formula is C21H23FN4O3S. The van der Waals surface area contributed by atoms with Gasteiger partial charge in [0.1, 0.15) is 5.82 Å². The number of hydrogen-bond acceptors (Lipinski definition) is 6. The molecule has 1 aromatic heterocycles. The molecule has 0 bridgehead atoms. The first-order valence-corrected chi connectivity index (χ1v) is 10.6. The third kappa shape index (κ3) is 4.31. The van der Waals surface area contributed by atoms with Crippen molar-refractivity contribution in [2.75, 3.05) is 44.7 Å². The van der Waals surface area contributed by atoms with Crippen LogP contribution in [0.4, 0.5) is 14.9 Å². The number of piperazine rings is 1. The Bertz CT molecular complexity index is 938. The van der Waals surface area contributed by atoms with Crippen LogP contribution < -0.4 is 15.5 Å². The second-order valence-electron chi connectivity index (χ2n) is 7.17. The molecular weight excluding hydrogens is 407 g/mol. The number of ether oxygens (including phenoxy) is 1. The van der Waals surface area contributed by atoms with Crippen molar-refractivity contribution < 1.29 is 18.7 Å². The Hall–Kier alpha value is -2.91. The lowest BCUT2D eigenvalue weighted by atomic mass is 10.0. The maximum atomic E-state index is 13.2. The van der Waals surface area contributed by atoms with Crippen LogP contribution in [-0.4, -0.2) is 56.7 Å². The molecule has 2 amide bonds. The minimum atomic E-state index is -0.526. The van der Waals surface area contributed by atoms with E-state index in [1.54, 1.807) is 12.1 Å². The van der Waals surface area contributed by atoms with E-state index in [4.69, 9.17) is 4.74 Å². The van der Waals surface area contributed by atoms with Crippen LogP contribution in [0.2, 0.25) is 0 Å². The van der Waals surface area contributed by atoms with Crippen molar-refractivity contribution in [3.05, 3.63) is 63.7 Å². The fraction of sp³-hybridized carbons (Fsp3) is 0.333. The second kappa shape index (κ2) is 8.85. The smallest absolute Gasteiger partial charge is 0.338 e. The highest BCUT2D eigenvalue weighted by atomic mass is 32.1. The monoisotopic (exact) mass is 430 g/mol. The van der Waals surface area contributed by atoms with E-state index in [2.05, 4.69) is 20.4 Å². The molecule has 0 unspecified atom stereocenters. The van der Waals surface area contributed by atoms with Crippen molar-refractivity contribution in [1.29, 1.82) is 0 Å². The zero-order valence-corrected chi connectivity index (χ0v) is 17.4. The van der Waals surface area contributed by atoms with Crippen molar-refractivity contribution in [3.63, 3.8) is 0 Å². The van der Waals surface area contributed by atoms with E-state index >= 15 is 0 Å². The number of benzene rings is 1. The van der Waals surface area contributed by atoms with E-state index in [-0.39, 0.29) is 11.8 Å². The van der Waals surface area contributed by atoms with Crippen LogP contribution in [0.3, 0.4) is 0 Å². The average Bonchev–Trinajstić information content (AvgIpc) is 3.29. The fourth-order valence-electron chi connectivity index (χ4n) is 3.80. The number of anilines is 1. The highest BCUT2D eigenvalue weighted by Crippen LogP contribution is 2.31. The van der Waals surface area contributed by atoms with Crippen LogP contribution in [0.5, 0.6) is 0 Å². The van der Waals surface area contributed by atoms with E-state index in [9.17, 15) is 14.0 Å². The van der Waals surface area contributed by atoms with Crippen molar-refractivity contribution in [2.45, 2.75) is 6.04 Å². The Morgan fingerprint density at radius 2 is 1.93 bits per heavy atom. The van der Waals surface area contributed by atoms with Crippen molar-refractivity contribution in [2.24, 2.45) is 0 Å². The standard InChI is InChI=1S/C21H23FN4O3S/c1-29-20(27)18-16(23-21(28)24-19(18)17-3-2-12-30-17)13-25-8-10-26(11-9-25)15-6-4-14(22)5-7-15/h2-7,12,19H,8-11,13H2,1H3,(H2,23,24,28)/t19-/m1/s1. The summed E-state index contributed by atoms with van der Waals surface area (Å²) >= 11 is 1.48. The normalized spacial score (nSPS) is 20.0. The summed E-state index contributed by atoms with van der Waals surface area (Å²) < 4.78 is 18.2. The molecule has 0 spiro atoms. The molecule has 3 heterocycles. The van der Waals surface area contributed by atoms with Gasteiger partial charge in [-0.05, 0) is 35.7 Å². The van der Waals surface area contributed by atoms with Crippen molar-refractivity contribution in [3.8, 4) is 0 Å². The number of halogens is 1. The molecule has 0 radical (unpaired) electrons. The van der Waals surface area contributed by atoms with Gasteiger partial charge in [-0.2, -0.15) is 0 Å². The lowest BCUT2D eigenvalue weighted by Crippen LogP contribution is -2.51. The third-order valence-electron chi connectivity index (χ3n) is 5.33. The minimum Gasteiger partial charge on any atom is -0.466 e. The molecule has 7 nitrogen and oxygen atoms in total. The molecule has 1 fully saturated rings. The third-order valence-corrected chi connectivity index (χ3v) is 6.27. The topological polar surface area (TPSA) is 73.9 Å². The van der Waals surface area contributed by atoms with E-state index in [1.165, 1.54) is 30.6 Å². The number of hydrogen-bond donors (Lipinski definition) is 2. The molecule has 9 heteroatoms. The van der Waals surface area contributed by atoms with E-state index < -0.39 is 12.0 Å². The molecule has 4 rings (SSSR count). The summed E-state index contributed by atoms with van der Waals surface area (Å²) in [6.45, 7) is 3.49. The lowest BCUT2D eigenvalue weighted by molar-refractivity contribution is -0.136. The zero-order valence-electron chi connectivity index (χ0n) is 16.6. The predicted molar refractivity (Wildman–Crippen MR) is 113 cm³/mol. The molecule has 1 atom stereocenters. The molecule has 1 saturated heterocycles. The summed E-state index contributed by atoms with van der Waals surface area (Å²) in [6.07, 6.45) is 0. The van der Waals surface area contributed by atoms with Crippen LogP contribution in [0, 0.1) is 5.82 Å². The van der Waals surface area contributed by atoms with Gasteiger partial charge in [-0.25, -0.2) is 14.0 Å². The van der Waals surface area contributed by atoms with Gasteiger partial charge in [0.05, 0.1) is 18.7 Å². The summed E-state index contributed by atoms with van der Waals surface area (Å²) in [4.78, 5) is 30.1. The van der Waals surface area contributed by atoms with Gasteiger partial charge in [0, 0.05) is 49.0 Å². The van der Waals surface area contributed by atoms with E-state index in [0.717, 1.165) is 36.7 Å². The quantitative estimate of drug-likeness (QED) is 0.713. The number of rotatable bonds is 5. The van der Waals surface area contributed by atoms with Gasteiger partial charge in [-0.15, -0.1) is 11.3 Å². The van der Waals surface area contributed by atoms with Crippen LogP contribution in [0.15, 0.2) is 53.0 Å². The van der Waals surface area contributed by atoms with Gasteiger partial charge in [-0.1, -0.05) is 6.07 Å². The number of esters is 1. The highest BCUT2D eigenvalue weighted by molar-refractivity contribution is 7.10. The first kappa shape index (κ1) is 20.4. The van der Waals surface area contributed by atoms with Crippen molar-refractivity contribution in [1.82, 2.24) is 15.5 Å². The first-order valence-electron chi connectivity index (χ1n) is 9.70. The van der Waals surface area contributed by atoms with Gasteiger partial charge in [0.15, 0.2) is 0 Å². The molecule has 0 saturated carbocycles. The molecule has 2 aliphatic rings. The molecule has 2 N–H and O–H groups in total. The Morgan fingerprint density at radius 1 is 1.20 bits per heavy atom. The largest absolute Gasteiger partial charge is 0.466 e. The van der Waals surface area contributed by atoms with Crippen LogP contribution in [0.1, 0.15) is 10.9 Å². The number of urea groups is 1. The Morgan fingerprint density at radius 3 is 2.57 bits per heavy atom. The van der Waals surface area contributed by atoms with Crippen LogP contribution >= 0.6 is 11.3 Å². The van der Waals surface area contributed by atoms with Gasteiger partial charge in [0.2, 0.25) is 0 Å². The number of methoxy groups -OCH3 is 1. The summed E-state index contributed by atoms with van der Waals surface area (Å²) in [5.74, 6) is -0.706. The predicted octanol–water partition coefficient (Wildman–Crippen LogP) is 2.49. The van der Waals surface area contributed by atoms with Crippen molar-refractivity contribution >= 4 is 29.0 Å². The summed E-state index contributed by atoms with van der Waals surface area (Å²) in [5.41, 5.74) is 1.98. The number of nitrogens with one attached hydrogen (secondary N) is 2. The maximum absolute atomic E-state index is 13.2. The van der Waals surface area contributed by atoms with E-state index in [1.807, 2.05) is 17.5 Å². The summed E-state index contributed by atoms with van der Waals surface area (Å²) in [5, 5.41) is 7.54. The van der Waals surface area contributed by atoms with Crippen LogP contribution in [0.25, 0.3) is 0 Å². The zero-order chi connectivity index (χ0) is 21.1. The average molecular weight is 431 g/mol. The number of amides is 2. The molecule has 30 heavy (non-hydrogen) atoms. The van der Waals surface area contributed by atoms with Gasteiger partial charge < -0.3 is 20.3 Å². The Balaban J connectivity index is 1.50. The first-order chi connectivity index (χ1) is 14.5. The fourth-order valence-corrected chi connectivity index (χ4v) is 4.59. The minimum absolute atomic E-state index is 0.249. The van der Waals surface area contributed by atoms with Gasteiger partial charge in [-0.3, -0.25) is 4.90 Å². The van der Waals surface area contributed by atoms with Crippen LogP contribution in [-0.2, 0) is 9.53 Å². The summed E-state index contributed by atoms with van der Waals surface area (Å²) in [7, 11) is 1.34.